The molecule has 0 saturated heterocycles. The minimum Gasteiger partial charge on any atom is -0.468 e. The molecule has 0 aliphatic carbocycles. The second-order valence-corrected chi connectivity index (χ2v) is 2.32. The first kappa shape index (κ1) is 8.66. The van der Waals surface area contributed by atoms with Crippen LogP contribution in [0.25, 0.3) is 0 Å². The molecule has 0 aliphatic heterocycles. The normalized spacial score (nSPS) is 12.6. The molecule has 66 valence electrons. The SMILES string of the molecule is COC(=O)C(N)c1cn(C)nn1. The standard InChI is InChI=1S/C6H10N4O2/c1-10-3-4(8-9-10)5(7)6(11)12-2/h3,5H,7H2,1-2H3. The van der Waals surface area contributed by atoms with Crippen LogP contribution in [0.5, 0.6) is 0 Å². The Labute approximate surface area is 69.3 Å². The fourth-order valence-electron chi connectivity index (χ4n) is 0.755. The molecule has 1 unspecified atom stereocenters. The number of nitrogens with zero attached hydrogens (tertiary/aromatic N) is 3. The van der Waals surface area contributed by atoms with Crippen molar-refractivity contribution in [1.82, 2.24) is 15.0 Å². The fourth-order valence-corrected chi connectivity index (χ4v) is 0.755. The van der Waals surface area contributed by atoms with E-state index >= 15 is 0 Å². The molecular weight excluding hydrogens is 160 g/mol. The van der Waals surface area contributed by atoms with Gasteiger partial charge in [0.15, 0.2) is 0 Å². The summed E-state index contributed by atoms with van der Waals surface area (Å²) in [7, 11) is 2.97. The van der Waals surface area contributed by atoms with Gasteiger partial charge < -0.3 is 10.5 Å². The van der Waals surface area contributed by atoms with Gasteiger partial charge in [0.2, 0.25) is 0 Å². The van der Waals surface area contributed by atoms with Crippen LogP contribution in [0.4, 0.5) is 0 Å². The number of hydrogen-bond donors (Lipinski definition) is 1. The van der Waals surface area contributed by atoms with Crippen LogP contribution in [-0.4, -0.2) is 28.1 Å². The van der Waals surface area contributed by atoms with Gasteiger partial charge in [0.1, 0.15) is 11.7 Å². The average molecular weight is 170 g/mol. The first-order chi connectivity index (χ1) is 5.65. The number of hydrogen-bond acceptors (Lipinski definition) is 5. The van der Waals surface area contributed by atoms with E-state index in [0.717, 1.165) is 0 Å². The second kappa shape index (κ2) is 3.31. The Morgan fingerprint density at radius 2 is 2.50 bits per heavy atom. The van der Waals surface area contributed by atoms with E-state index in [2.05, 4.69) is 15.0 Å². The van der Waals surface area contributed by atoms with Crippen LogP contribution in [-0.2, 0) is 16.6 Å². The third-order valence-electron chi connectivity index (χ3n) is 1.39. The van der Waals surface area contributed by atoms with Gasteiger partial charge in [-0.3, -0.25) is 4.68 Å². The van der Waals surface area contributed by atoms with Gasteiger partial charge in [0, 0.05) is 7.05 Å². The number of esters is 1. The number of aryl methyl sites for hydroxylation is 1. The van der Waals surface area contributed by atoms with Crippen LogP contribution in [0.1, 0.15) is 11.7 Å². The number of carbonyl (C=O) groups excluding carboxylic acids is 1. The topological polar surface area (TPSA) is 83.0 Å². The molecule has 1 rings (SSSR count). The highest BCUT2D eigenvalue weighted by Crippen LogP contribution is 2.05. The van der Waals surface area contributed by atoms with Crippen molar-refractivity contribution in [3.05, 3.63) is 11.9 Å². The number of ether oxygens (including phenoxy) is 1. The maximum atomic E-state index is 10.9. The zero-order valence-electron chi connectivity index (χ0n) is 6.89. The lowest BCUT2D eigenvalue weighted by Gasteiger charge is -2.03. The molecule has 0 radical (unpaired) electrons. The highest BCUT2D eigenvalue weighted by molar-refractivity contribution is 5.76. The van der Waals surface area contributed by atoms with Gasteiger partial charge in [0.25, 0.3) is 0 Å². The summed E-state index contributed by atoms with van der Waals surface area (Å²) in [6.07, 6.45) is 1.57. The van der Waals surface area contributed by atoms with Crippen LogP contribution in [0.2, 0.25) is 0 Å². The summed E-state index contributed by atoms with van der Waals surface area (Å²) in [5.74, 6) is -0.518. The van der Waals surface area contributed by atoms with Crippen molar-refractivity contribution in [2.45, 2.75) is 6.04 Å². The maximum absolute atomic E-state index is 10.9. The lowest BCUT2D eigenvalue weighted by molar-refractivity contribution is -0.142. The maximum Gasteiger partial charge on any atom is 0.329 e. The molecule has 1 atom stereocenters. The predicted octanol–water partition coefficient (Wildman–Crippen LogP) is -1.01. The molecule has 12 heavy (non-hydrogen) atoms. The van der Waals surface area contributed by atoms with Crippen molar-refractivity contribution in [3.63, 3.8) is 0 Å². The summed E-state index contributed by atoms with van der Waals surface area (Å²) in [4.78, 5) is 10.9. The number of rotatable bonds is 2. The quantitative estimate of drug-likeness (QED) is 0.575. The molecule has 0 fully saturated rings. The molecule has 1 aromatic rings. The molecule has 6 heteroatoms. The van der Waals surface area contributed by atoms with Crippen LogP contribution < -0.4 is 5.73 Å². The summed E-state index contributed by atoms with van der Waals surface area (Å²) in [5.41, 5.74) is 5.88. The molecule has 0 bridgehead atoms. The van der Waals surface area contributed by atoms with Crippen molar-refractivity contribution >= 4 is 5.97 Å². The summed E-state index contributed by atoms with van der Waals surface area (Å²) in [5, 5.41) is 7.31. The molecule has 6 nitrogen and oxygen atoms in total. The first-order valence-electron chi connectivity index (χ1n) is 3.34. The van der Waals surface area contributed by atoms with E-state index < -0.39 is 12.0 Å². The Bertz CT molecular complexity index is 283. The van der Waals surface area contributed by atoms with Crippen LogP contribution >= 0.6 is 0 Å². The Morgan fingerprint density at radius 1 is 1.83 bits per heavy atom. The van der Waals surface area contributed by atoms with E-state index in [1.165, 1.54) is 11.8 Å². The number of methoxy groups -OCH3 is 1. The summed E-state index contributed by atoms with van der Waals surface area (Å²) < 4.78 is 5.91. The van der Waals surface area contributed by atoms with Crippen LogP contribution in [0, 0.1) is 0 Å². The Morgan fingerprint density at radius 3 is 2.92 bits per heavy atom. The van der Waals surface area contributed by atoms with Crippen molar-refractivity contribution in [2.24, 2.45) is 12.8 Å². The van der Waals surface area contributed by atoms with E-state index in [1.54, 1.807) is 13.2 Å². The molecule has 0 spiro atoms. The summed E-state index contributed by atoms with van der Waals surface area (Å²) >= 11 is 0. The lowest BCUT2D eigenvalue weighted by Crippen LogP contribution is -2.22. The smallest absolute Gasteiger partial charge is 0.329 e. The molecule has 0 aliphatic rings. The average Bonchev–Trinajstić information content (AvgIpc) is 2.49. The summed E-state index contributed by atoms with van der Waals surface area (Å²) in [6.45, 7) is 0. The Kier molecular flexibility index (Phi) is 2.39. The molecule has 2 N–H and O–H groups in total. The predicted molar refractivity (Wildman–Crippen MR) is 39.9 cm³/mol. The van der Waals surface area contributed by atoms with Crippen LogP contribution in [0.3, 0.4) is 0 Å². The molecule has 0 amide bonds. The Hall–Kier alpha value is -1.43. The number of aromatic nitrogens is 3. The van der Waals surface area contributed by atoms with Gasteiger partial charge in [-0.15, -0.1) is 5.10 Å². The van der Waals surface area contributed by atoms with E-state index in [0.29, 0.717) is 5.69 Å². The highest BCUT2D eigenvalue weighted by atomic mass is 16.5. The molecule has 0 aromatic carbocycles. The van der Waals surface area contributed by atoms with Crippen molar-refractivity contribution < 1.29 is 9.53 Å². The van der Waals surface area contributed by atoms with Gasteiger partial charge >= 0.3 is 5.97 Å². The van der Waals surface area contributed by atoms with E-state index in [-0.39, 0.29) is 0 Å². The van der Waals surface area contributed by atoms with Gasteiger partial charge in [0.05, 0.1) is 13.3 Å². The monoisotopic (exact) mass is 170 g/mol. The van der Waals surface area contributed by atoms with Gasteiger partial charge in [-0.1, -0.05) is 5.21 Å². The second-order valence-electron chi connectivity index (χ2n) is 2.32. The minimum absolute atomic E-state index is 0.407. The van der Waals surface area contributed by atoms with Crippen molar-refractivity contribution in [2.75, 3.05) is 7.11 Å². The zero-order chi connectivity index (χ0) is 9.14. The molecule has 0 saturated carbocycles. The van der Waals surface area contributed by atoms with Crippen LogP contribution in [0.15, 0.2) is 6.20 Å². The molecule has 1 aromatic heterocycles. The number of nitrogens with two attached hydrogens (primary N) is 1. The number of carbonyl (C=O) groups is 1. The Balaban J connectivity index is 2.77. The molecule has 1 heterocycles. The van der Waals surface area contributed by atoms with Gasteiger partial charge in [-0.05, 0) is 0 Å². The van der Waals surface area contributed by atoms with Gasteiger partial charge in [-0.25, -0.2) is 4.79 Å². The molecular formula is C6H10N4O2. The fraction of sp³-hybridized carbons (Fsp3) is 0.500. The van der Waals surface area contributed by atoms with E-state index in [9.17, 15) is 4.79 Å². The summed E-state index contributed by atoms with van der Waals surface area (Å²) in [6, 6.07) is -0.844. The lowest BCUT2D eigenvalue weighted by atomic mass is 10.2. The zero-order valence-corrected chi connectivity index (χ0v) is 6.89. The minimum atomic E-state index is -0.844. The first-order valence-corrected chi connectivity index (χ1v) is 3.34. The highest BCUT2D eigenvalue weighted by Gasteiger charge is 2.18. The van der Waals surface area contributed by atoms with E-state index in [1.807, 2.05) is 0 Å². The van der Waals surface area contributed by atoms with Crippen molar-refractivity contribution in [3.8, 4) is 0 Å². The van der Waals surface area contributed by atoms with E-state index in [4.69, 9.17) is 5.73 Å². The van der Waals surface area contributed by atoms with Crippen molar-refractivity contribution in [1.29, 1.82) is 0 Å². The largest absolute Gasteiger partial charge is 0.468 e. The third-order valence-corrected chi connectivity index (χ3v) is 1.39. The van der Waals surface area contributed by atoms with Gasteiger partial charge in [-0.2, -0.15) is 0 Å². The third kappa shape index (κ3) is 1.59.